The summed E-state index contributed by atoms with van der Waals surface area (Å²) in [7, 11) is 0. The van der Waals surface area contributed by atoms with Crippen molar-refractivity contribution in [2.24, 2.45) is 0 Å². The van der Waals surface area contributed by atoms with E-state index in [1.54, 1.807) is 18.2 Å². The monoisotopic (exact) mass is 285 g/mol. The van der Waals surface area contributed by atoms with E-state index in [0.717, 1.165) is 0 Å². The zero-order valence-electron chi connectivity index (χ0n) is 8.97. The molecule has 0 aliphatic carbocycles. The molecule has 94 valence electrons. The topological polar surface area (TPSA) is 67.2 Å². The van der Waals surface area contributed by atoms with Crippen molar-refractivity contribution in [3.05, 3.63) is 46.2 Å². The number of carboxylic acid groups (broad SMARTS) is 1. The fourth-order valence-corrected chi connectivity index (χ4v) is 1.62. The molecule has 0 fully saturated rings. The van der Waals surface area contributed by atoms with Crippen LogP contribution >= 0.6 is 23.2 Å². The number of hydrogen-bond donors (Lipinski definition) is 0. The molecule has 0 spiro atoms. The van der Waals surface area contributed by atoms with Crippen LogP contribution in [-0.4, -0.2) is 15.7 Å². The highest BCUT2D eigenvalue weighted by Crippen LogP contribution is 2.31. The van der Waals surface area contributed by atoms with Gasteiger partial charge < -0.3 is 14.6 Å². The van der Waals surface area contributed by atoms with Crippen LogP contribution in [0.25, 0.3) is 0 Å². The van der Waals surface area contributed by atoms with Crippen molar-refractivity contribution in [1.82, 2.24) is 9.78 Å². The molecule has 0 atom stereocenters. The molecule has 0 aliphatic rings. The SMILES string of the molecule is O=C([O-])c1ccn(COc2cccc(Cl)c2Cl)n1. The van der Waals surface area contributed by atoms with Crippen molar-refractivity contribution in [2.45, 2.75) is 6.73 Å². The molecule has 1 aromatic heterocycles. The molecule has 0 radical (unpaired) electrons. The average molecular weight is 286 g/mol. The fraction of sp³-hybridized carbons (Fsp3) is 0.0909. The Morgan fingerprint density at radius 3 is 2.83 bits per heavy atom. The summed E-state index contributed by atoms with van der Waals surface area (Å²) < 4.78 is 6.68. The minimum absolute atomic E-state index is 0.0212. The van der Waals surface area contributed by atoms with Crippen LogP contribution in [0.3, 0.4) is 0 Å². The van der Waals surface area contributed by atoms with E-state index in [4.69, 9.17) is 27.9 Å². The Kier molecular flexibility index (Phi) is 3.74. The van der Waals surface area contributed by atoms with Gasteiger partial charge in [0.1, 0.15) is 16.5 Å². The molecule has 5 nitrogen and oxygen atoms in total. The van der Waals surface area contributed by atoms with Crippen LogP contribution < -0.4 is 9.84 Å². The van der Waals surface area contributed by atoms with E-state index < -0.39 is 5.97 Å². The molecule has 1 aromatic carbocycles. The smallest absolute Gasteiger partial charge is 0.180 e. The third-order valence-electron chi connectivity index (χ3n) is 2.12. The number of carbonyl (C=O) groups is 1. The van der Waals surface area contributed by atoms with Crippen LogP contribution in [0.2, 0.25) is 10.0 Å². The Labute approximate surface area is 113 Å². The molecule has 2 aromatic rings. The van der Waals surface area contributed by atoms with E-state index in [2.05, 4.69) is 5.10 Å². The zero-order chi connectivity index (χ0) is 13.1. The summed E-state index contributed by atoms with van der Waals surface area (Å²) >= 11 is 11.7. The van der Waals surface area contributed by atoms with Crippen LogP contribution in [-0.2, 0) is 6.73 Å². The normalized spacial score (nSPS) is 10.3. The summed E-state index contributed by atoms with van der Waals surface area (Å²) in [5, 5.41) is 14.9. The molecule has 0 saturated carbocycles. The lowest BCUT2D eigenvalue weighted by Crippen LogP contribution is -2.23. The van der Waals surface area contributed by atoms with Crippen molar-refractivity contribution in [2.75, 3.05) is 0 Å². The first-order valence-electron chi connectivity index (χ1n) is 4.89. The van der Waals surface area contributed by atoms with Crippen molar-refractivity contribution in [1.29, 1.82) is 0 Å². The van der Waals surface area contributed by atoms with Gasteiger partial charge in [0.25, 0.3) is 0 Å². The summed E-state index contributed by atoms with van der Waals surface area (Å²) in [6, 6.07) is 6.30. The molecule has 2 rings (SSSR count). The molecular formula is C11H7Cl2N2O3-. The Balaban J connectivity index is 2.07. The maximum absolute atomic E-state index is 10.5. The molecule has 0 aliphatic heterocycles. The summed E-state index contributed by atoms with van der Waals surface area (Å²) in [6.45, 7) is 0.0212. The Morgan fingerprint density at radius 2 is 2.17 bits per heavy atom. The fourth-order valence-electron chi connectivity index (χ4n) is 1.27. The molecular weight excluding hydrogens is 279 g/mol. The van der Waals surface area contributed by atoms with E-state index >= 15 is 0 Å². The van der Waals surface area contributed by atoms with Crippen LogP contribution in [0, 0.1) is 0 Å². The average Bonchev–Trinajstić information content (AvgIpc) is 2.80. The number of benzene rings is 1. The molecule has 0 unspecified atom stereocenters. The number of hydrogen-bond acceptors (Lipinski definition) is 4. The highest BCUT2D eigenvalue weighted by atomic mass is 35.5. The zero-order valence-corrected chi connectivity index (χ0v) is 10.5. The van der Waals surface area contributed by atoms with Gasteiger partial charge in [-0.15, -0.1) is 0 Å². The highest BCUT2D eigenvalue weighted by Gasteiger charge is 2.06. The molecule has 0 N–H and O–H groups in total. The number of aromatic carboxylic acids is 1. The van der Waals surface area contributed by atoms with E-state index in [1.165, 1.54) is 16.9 Å². The molecule has 7 heteroatoms. The van der Waals surface area contributed by atoms with Gasteiger partial charge in [0.2, 0.25) is 0 Å². The maximum Gasteiger partial charge on any atom is 0.180 e. The number of halogens is 2. The van der Waals surface area contributed by atoms with Gasteiger partial charge in [0.05, 0.1) is 11.0 Å². The second-order valence-corrected chi connectivity index (χ2v) is 4.14. The molecule has 0 saturated heterocycles. The van der Waals surface area contributed by atoms with Gasteiger partial charge in [-0.2, -0.15) is 5.10 Å². The third-order valence-corrected chi connectivity index (χ3v) is 2.92. The van der Waals surface area contributed by atoms with Crippen LogP contribution in [0.4, 0.5) is 0 Å². The number of ether oxygens (including phenoxy) is 1. The molecule has 1 heterocycles. The van der Waals surface area contributed by atoms with Gasteiger partial charge in [-0.3, -0.25) is 0 Å². The first-order chi connectivity index (χ1) is 8.58. The van der Waals surface area contributed by atoms with E-state index in [0.29, 0.717) is 15.8 Å². The Morgan fingerprint density at radius 1 is 1.39 bits per heavy atom. The number of nitrogens with zero attached hydrogens (tertiary/aromatic N) is 2. The number of aromatic nitrogens is 2. The number of carbonyl (C=O) groups excluding carboxylic acids is 1. The first-order valence-corrected chi connectivity index (χ1v) is 5.65. The number of rotatable bonds is 4. The van der Waals surface area contributed by atoms with Crippen LogP contribution in [0.15, 0.2) is 30.5 Å². The van der Waals surface area contributed by atoms with Gasteiger partial charge in [-0.05, 0) is 18.2 Å². The van der Waals surface area contributed by atoms with E-state index in [1.807, 2.05) is 0 Å². The quantitative estimate of drug-likeness (QED) is 0.856. The van der Waals surface area contributed by atoms with Crippen molar-refractivity contribution in [3.8, 4) is 5.75 Å². The first kappa shape index (κ1) is 12.7. The van der Waals surface area contributed by atoms with Gasteiger partial charge in [-0.25, -0.2) is 4.68 Å². The van der Waals surface area contributed by atoms with Crippen LogP contribution in [0.5, 0.6) is 5.75 Å². The van der Waals surface area contributed by atoms with Crippen molar-refractivity contribution < 1.29 is 14.6 Å². The van der Waals surface area contributed by atoms with Gasteiger partial charge in [0, 0.05) is 6.20 Å². The lowest BCUT2D eigenvalue weighted by molar-refractivity contribution is -0.255. The number of carboxylic acids is 1. The standard InChI is InChI=1S/C11H8Cl2N2O3/c12-7-2-1-3-9(10(7)13)18-6-15-5-4-8(14-15)11(16)17/h1-5H,6H2,(H,16,17)/p-1. The highest BCUT2D eigenvalue weighted by molar-refractivity contribution is 6.42. The van der Waals surface area contributed by atoms with Gasteiger partial charge >= 0.3 is 0 Å². The third kappa shape index (κ3) is 2.75. The maximum atomic E-state index is 10.5. The second-order valence-electron chi connectivity index (χ2n) is 3.35. The van der Waals surface area contributed by atoms with E-state index in [-0.39, 0.29) is 12.4 Å². The summed E-state index contributed by atoms with van der Waals surface area (Å²) in [4.78, 5) is 10.5. The lowest BCUT2D eigenvalue weighted by atomic mass is 10.3. The second kappa shape index (κ2) is 5.29. The van der Waals surface area contributed by atoms with Crippen molar-refractivity contribution >= 4 is 29.2 Å². The summed E-state index contributed by atoms with van der Waals surface area (Å²) in [6.07, 6.45) is 1.46. The van der Waals surface area contributed by atoms with Gasteiger partial charge in [0.15, 0.2) is 6.73 Å². The minimum atomic E-state index is -1.34. The van der Waals surface area contributed by atoms with E-state index in [9.17, 15) is 9.90 Å². The van der Waals surface area contributed by atoms with Crippen LogP contribution in [0.1, 0.15) is 10.5 Å². The Bertz CT molecular complexity index is 583. The minimum Gasteiger partial charge on any atom is -0.543 e. The van der Waals surface area contributed by atoms with Crippen molar-refractivity contribution in [3.63, 3.8) is 0 Å². The molecule has 0 bridgehead atoms. The summed E-state index contributed by atoms with van der Waals surface area (Å²) in [5.74, 6) is -0.941. The predicted octanol–water partition coefficient (Wildman–Crippen LogP) is 1.59. The predicted molar refractivity (Wildman–Crippen MR) is 63.6 cm³/mol. The Hall–Kier alpha value is -1.72. The lowest BCUT2D eigenvalue weighted by Gasteiger charge is -2.08. The van der Waals surface area contributed by atoms with Gasteiger partial charge in [-0.1, -0.05) is 29.3 Å². The summed E-state index contributed by atoms with van der Waals surface area (Å²) in [5.41, 5.74) is -0.157. The molecule has 0 amide bonds. The molecule has 18 heavy (non-hydrogen) atoms. The largest absolute Gasteiger partial charge is 0.543 e.